The van der Waals surface area contributed by atoms with Gasteiger partial charge in [0.1, 0.15) is 5.75 Å². The highest BCUT2D eigenvalue weighted by molar-refractivity contribution is 5.26. The van der Waals surface area contributed by atoms with Crippen molar-refractivity contribution in [3.8, 4) is 5.75 Å². The zero-order valence-corrected chi connectivity index (χ0v) is 11.2. The van der Waals surface area contributed by atoms with Gasteiger partial charge in [-0.3, -0.25) is 0 Å². The van der Waals surface area contributed by atoms with Crippen LogP contribution in [-0.2, 0) is 6.42 Å². The molecule has 1 aromatic carbocycles. The number of aromatic hydroxyl groups is 1. The van der Waals surface area contributed by atoms with Crippen molar-refractivity contribution in [1.29, 1.82) is 0 Å². The molecule has 0 bridgehead atoms. The smallest absolute Gasteiger partial charge is 0.115 e. The normalized spacial score (nSPS) is 12.9. The van der Waals surface area contributed by atoms with Gasteiger partial charge in [0, 0.05) is 6.04 Å². The van der Waals surface area contributed by atoms with E-state index in [1.165, 1.54) is 18.4 Å². The maximum Gasteiger partial charge on any atom is 0.115 e. The first-order chi connectivity index (χ1) is 8.08. The Hall–Kier alpha value is -1.02. The highest BCUT2D eigenvalue weighted by Gasteiger charge is 2.03. The minimum Gasteiger partial charge on any atom is -0.508 e. The van der Waals surface area contributed by atoms with Gasteiger partial charge in [-0.15, -0.1) is 0 Å². The Kier molecular flexibility index (Phi) is 6.06. The minimum atomic E-state index is 0.339. The summed E-state index contributed by atoms with van der Waals surface area (Å²) in [7, 11) is 0. The number of phenolic OH excluding ortho intramolecular Hbond substituents is 1. The van der Waals surface area contributed by atoms with Crippen molar-refractivity contribution in [3.05, 3.63) is 29.8 Å². The molecular formula is C15H25NO. The number of benzene rings is 1. The van der Waals surface area contributed by atoms with Crippen LogP contribution in [0.15, 0.2) is 24.3 Å². The summed E-state index contributed by atoms with van der Waals surface area (Å²) >= 11 is 0. The molecule has 0 aromatic heterocycles. The molecule has 0 aliphatic rings. The Morgan fingerprint density at radius 1 is 1.12 bits per heavy atom. The van der Waals surface area contributed by atoms with Crippen LogP contribution in [0, 0.1) is 5.92 Å². The van der Waals surface area contributed by atoms with Crippen LogP contribution in [0.2, 0.25) is 0 Å². The number of phenols is 1. The van der Waals surface area contributed by atoms with E-state index in [4.69, 9.17) is 0 Å². The van der Waals surface area contributed by atoms with E-state index < -0.39 is 0 Å². The zero-order valence-electron chi connectivity index (χ0n) is 11.2. The molecule has 0 fully saturated rings. The van der Waals surface area contributed by atoms with E-state index in [-0.39, 0.29) is 0 Å². The number of nitrogens with one attached hydrogen (secondary N) is 1. The molecule has 1 rings (SSSR count). The SMILES string of the molecule is CC(C)CCCNC(C)Cc1ccc(O)cc1. The van der Waals surface area contributed by atoms with E-state index in [1.54, 1.807) is 12.1 Å². The lowest BCUT2D eigenvalue weighted by atomic mass is 10.1. The first-order valence-electron chi connectivity index (χ1n) is 6.59. The maximum absolute atomic E-state index is 9.20. The van der Waals surface area contributed by atoms with Gasteiger partial charge in [-0.1, -0.05) is 26.0 Å². The van der Waals surface area contributed by atoms with Gasteiger partial charge in [0.2, 0.25) is 0 Å². The fourth-order valence-electron chi connectivity index (χ4n) is 1.92. The third kappa shape index (κ3) is 6.32. The Morgan fingerprint density at radius 3 is 2.35 bits per heavy atom. The van der Waals surface area contributed by atoms with Gasteiger partial charge < -0.3 is 10.4 Å². The number of hydrogen-bond acceptors (Lipinski definition) is 2. The third-order valence-electron chi connectivity index (χ3n) is 2.93. The van der Waals surface area contributed by atoms with Crippen LogP contribution in [0.25, 0.3) is 0 Å². The predicted octanol–water partition coefficient (Wildman–Crippen LogP) is 3.35. The molecule has 1 atom stereocenters. The first kappa shape index (κ1) is 14.0. The van der Waals surface area contributed by atoms with Crippen LogP contribution >= 0.6 is 0 Å². The lowest BCUT2D eigenvalue weighted by molar-refractivity contribution is 0.473. The highest BCUT2D eigenvalue weighted by atomic mass is 16.3. The van der Waals surface area contributed by atoms with Gasteiger partial charge in [-0.25, -0.2) is 0 Å². The third-order valence-corrected chi connectivity index (χ3v) is 2.93. The van der Waals surface area contributed by atoms with E-state index in [0.717, 1.165) is 18.9 Å². The molecule has 0 saturated carbocycles. The van der Waals surface area contributed by atoms with Gasteiger partial charge in [0.15, 0.2) is 0 Å². The zero-order chi connectivity index (χ0) is 12.7. The second-order valence-electron chi connectivity index (χ2n) is 5.26. The summed E-state index contributed by atoms with van der Waals surface area (Å²) in [6.07, 6.45) is 3.55. The second kappa shape index (κ2) is 7.33. The van der Waals surface area contributed by atoms with Crippen LogP contribution in [0.3, 0.4) is 0 Å². The quantitative estimate of drug-likeness (QED) is 0.710. The molecule has 0 radical (unpaired) electrons. The Morgan fingerprint density at radius 2 is 1.76 bits per heavy atom. The van der Waals surface area contributed by atoms with Crippen molar-refractivity contribution < 1.29 is 5.11 Å². The topological polar surface area (TPSA) is 32.3 Å². The van der Waals surface area contributed by atoms with E-state index in [1.807, 2.05) is 12.1 Å². The summed E-state index contributed by atoms with van der Waals surface area (Å²) < 4.78 is 0. The summed E-state index contributed by atoms with van der Waals surface area (Å²) in [6, 6.07) is 7.97. The van der Waals surface area contributed by atoms with Crippen LogP contribution in [-0.4, -0.2) is 17.7 Å². The monoisotopic (exact) mass is 235 g/mol. The maximum atomic E-state index is 9.20. The second-order valence-corrected chi connectivity index (χ2v) is 5.26. The predicted molar refractivity (Wildman–Crippen MR) is 73.3 cm³/mol. The summed E-state index contributed by atoms with van der Waals surface area (Å²) in [5, 5.41) is 12.7. The minimum absolute atomic E-state index is 0.339. The van der Waals surface area contributed by atoms with Gasteiger partial charge >= 0.3 is 0 Å². The van der Waals surface area contributed by atoms with Crippen LogP contribution in [0.5, 0.6) is 5.75 Å². The molecule has 2 heteroatoms. The lowest BCUT2D eigenvalue weighted by Crippen LogP contribution is -2.29. The number of rotatable bonds is 7. The Labute approximate surface area is 105 Å². The lowest BCUT2D eigenvalue weighted by Gasteiger charge is -2.14. The number of hydrogen-bond donors (Lipinski definition) is 2. The molecule has 0 heterocycles. The van der Waals surface area contributed by atoms with E-state index >= 15 is 0 Å². The van der Waals surface area contributed by atoms with E-state index in [2.05, 4.69) is 26.1 Å². The molecule has 17 heavy (non-hydrogen) atoms. The molecule has 0 saturated heterocycles. The molecule has 2 nitrogen and oxygen atoms in total. The summed E-state index contributed by atoms with van der Waals surface area (Å²) in [5.74, 6) is 1.13. The molecule has 2 N–H and O–H groups in total. The molecule has 0 spiro atoms. The van der Waals surface area contributed by atoms with Crippen molar-refractivity contribution in [2.24, 2.45) is 5.92 Å². The van der Waals surface area contributed by atoms with E-state index in [0.29, 0.717) is 11.8 Å². The fraction of sp³-hybridized carbons (Fsp3) is 0.600. The molecule has 0 aliphatic heterocycles. The van der Waals surface area contributed by atoms with Gasteiger partial charge in [-0.2, -0.15) is 0 Å². The summed E-state index contributed by atoms with van der Waals surface area (Å²) in [4.78, 5) is 0. The molecule has 1 unspecified atom stereocenters. The van der Waals surface area contributed by atoms with Crippen molar-refractivity contribution >= 4 is 0 Å². The Balaban J connectivity index is 2.20. The average Bonchev–Trinajstić information content (AvgIpc) is 2.27. The van der Waals surface area contributed by atoms with Gasteiger partial charge in [0.25, 0.3) is 0 Å². The Bertz CT molecular complexity index is 305. The molecule has 96 valence electrons. The molecule has 0 aliphatic carbocycles. The largest absolute Gasteiger partial charge is 0.508 e. The van der Waals surface area contributed by atoms with Crippen LogP contribution in [0.1, 0.15) is 39.2 Å². The molecule has 0 amide bonds. The first-order valence-corrected chi connectivity index (χ1v) is 6.59. The van der Waals surface area contributed by atoms with Gasteiger partial charge in [-0.05, 0) is 56.3 Å². The van der Waals surface area contributed by atoms with E-state index in [9.17, 15) is 5.11 Å². The van der Waals surface area contributed by atoms with Crippen molar-refractivity contribution in [2.75, 3.05) is 6.54 Å². The van der Waals surface area contributed by atoms with Gasteiger partial charge in [0.05, 0.1) is 0 Å². The van der Waals surface area contributed by atoms with Crippen LogP contribution < -0.4 is 5.32 Å². The average molecular weight is 235 g/mol. The fourth-order valence-corrected chi connectivity index (χ4v) is 1.92. The van der Waals surface area contributed by atoms with Crippen molar-refractivity contribution in [1.82, 2.24) is 5.32 Å². The van der Waals surface area contributed by atoms with Crippen molar-refractivity contribution in [2.45, 2.75) is 46.1 Å². The molecular weight excluding hydrogens is 210 g/mol. The van der Waals surface area contributed by atoms with Crippen molar-refractivity contribution in [3.63, 3.8) is 0 Å². The summed E-state index contributed by atoms with van der Waals surface area (Å²) in [6.45, 7) is 7.83. The molecule has 1 aromatic rings. The summed E-state index contributed by atoms with van der Waals surface area (Å²) in [5.41, 5.74) is 1.27. The van der Waals surface area contributed by atoms with Crippen LogP contribution in [0.4, 0.5) is 0 Å². The standard InChI is InChI=1S/C15H25NO/c1-12(2)5-4-10-16-13(3)11-14-6-8-15(17)9-7-14/h6-9,12-13,16-17H,4-5,10-11H2,1-3H3. The highest BCUT2D eigenvalue weighted by Crippen LogP contribution is 2.11.